The van der Waals surface area contributed by atoms with Crippen LogP contribution in [0.1, 0.15) is 27.8 Å². The van der Waals surface area contributed by atoms with E-state index in [-0.39, 0.29) is 11.9 Å². The van der Waals surface area contributed by atoms with Gasteiger partial charge in [-0.1, -0.05) is 6.07 Å². The molecule has 0 unspecified atom stereocenters. The van der Waals surface area contributed by atoms with Crippen LogP contribution in [0.15, 0.2) is 36.7 Å². The van der Waals surface area contributed by atoms with Crippen LogP contribution in [0, 0.1) is 11.3 Å². The van der Waals surface area contributed by atoms with Crippen molar-refractivity contribution in [2.75, 3.05) is 32.8 Å². The zero-order valence-corrected chi connectivity index (χ0v) is 13.2. The summed E-state index contributed by atoms with van der Waals surface area (Å²) in [7, 11) is 0. The molecular weight excluding hydrogens is 306 g/mol. The van der Waals surface area contributed by atoms with Crippen molar-refractivity contribution >= 4 is 5.91 Å². The molecule has 124 valence electrons. The molecule has 0 aliphatic carbocycles. The fraction of sp³-hybridized carbons (Fsp3) is 0.353. The molecule has 0 spiro atoms. The fourth-order valence-corrected chi connectivity index (χ4v) is 2.76. The number of aromatic amines is 1. The Labute approximate surface area is 140 Å². The number of nitriles is 1. The summed E-state index contributed by atoms with van der Waals surface area (Å²) >= 11 is 0. The summed E-state index contributed by atoms with van der Waals surface area (Å²) in [4.78, 5) is 21.8. The monoisotopic (exact) mass is 325 g/mol. The Kier molecular flexibility index (Phi) is 5.21. The van der Waals surface area contributed by atoms with Gasteiger partial charge >= 0.3 is 0 Å². The average Bonchev–Trinajstić information content (AvgIpc) is 3.13. The van der Waals surface area contributed by atoms with Crippen LogP contribution in [-0.2, 0) is 4.74 Å². The summed E-state index contributed by atoms with van der Waals surface area (Å²) in [6.45, 7) is 3.41. The third kappa shape index (κ3) is 3.79. The van der Waals surface area contributed by atoms with Crippen molar-refractivity contribution < 1.29 is 9.53 Å². The minimum atomic E-state index is -0.231. The van der Waals surface area contributed by atoms with Gasteiger partial charge in [0.1, 0.15) is 11.8 Å². The van der Waals surface area contributed by atoms with Crippen LogP contribution in [0.2, 0.25) is 0 Å². The van der Waals surface area contributed by atoms with Gasteiger partial charge < -0.3 is 15.0 Å². The quantitative estimate of drug-likeness (QED) is 0.858. The van der Waals surface area contributed by atoms with Crippen molar-refractivity contribution in [1.82, 2.24) is 20.2 Å². The van der Waals surface area contributed by atoms with Gasteiger partial charge in [0, 0.05) is 32.0 Å². The third-order valence-corrected chi connectivity index (χ3v) is 4.03. The van der Waals surface area contributed by atoms with Gasteiger partial charge in [-0.3, -0.25) is 14.7 Å². The van der Waals surface area contributed by atoms with E-state index in [4.69, 9.17) is 10.00 Å². The summed E-state index contributed by atoms with van der Waals surface area (Å²) in [5.41, 5.74) is 1.74. The number of pyridine rings is 1. The molecule has 0 radical (unpaired) electrons. The zero-order valence-electron chi connectivity index (χ0n) is 13.2. The predicted octanol–water partition coefficient (Wildman–Crippen LogP) is 1.08. The van der Waals surface area contributed by atoms with Gasteiger partial charge in [0.15, 0.2) is 0 Å². The Morgan fingerprint density at radius 3 is 2.96 bits per heavy atom. The summed E-state index contributed by atoms with van der Waals surface area (Å²) < 4.78 is 5.41. The van der Waals surface area contributed by atoms with Crippen molar-refractivity contribution in [1.29, 1.82) is 5.26 Å². The second-order valence-electron chi connectivity index (χ2n) is 5.54. The molecule has 1 amide bonds. The second-order valence-corrected chi connectivity index (χ2v) is 5.54. The van der Waals surface area contributed by atoms with E-state index in [1.807, 2.05) is 24.3 Å². The van der Waals surface area contributed by atoms with E-state index in [2.05, 4.69) is 20.2 Å². The van der Waals surface area contributed by atoms with Crippen LogP contribution in [0.25, 0.3) is 0 Å². The molecule has 2 N–H and O–H groups in total. The summed E-state index contributed by atoms with van der Waals surface area (Å²) in [6, 6.07) is 9.32. The minimum absolute atomic E-state index is 0.00977. The highest BCUT2D eigenvalue weighted by atomic mass is 16.5. The van der Waals surface area contributed by atoms with Crippen molar-refractivity contribution in [2.24, 2.45) is 0 Å². The standard InChI is InChI=1S/C17H19N5O2/c18-10-13-9-15(20-11-13)17(23)21-12-16(14-3-1-2-4-19-14)22-5-7-24-8-6-22/h1-4,9,11,16,20H,5-8,12H2,(H,21,23)/t16-/m1/s1. The average molecular weight is 325 g/mol. The Morgan fingerprint density at radius 1 is 1.46 bits per heavy atom. The number of H-pyrrole nitrogens is 1. The highest BCUT2D eigenvalue weighted by Gasteiger charge is 2.24. The third-order valence-electron chi connectivity index (χ3n) is 4.03. The Bertz CT molecular complexity index is 716. The van der Waals surface area contributed by atoms with E-state index in [0.717, 1.165) is 18.8 Å². The normalized spacial score (nSPS) is 16.3. The highest BCUT2D eigenvalue weighted by Crippen LogP contribution is 2.19. The van der Waals surface area contributed by atoms with E-state index in [1.54, 1.807) is 12.3 Å². The number of amides is 1. The van der Waals surface area contributed by atoms with E-state index in [9.17, 15) is 4.79 Å². The van der Waals surface area contributed by atoms with Crippen LogP contribution in [0.4, 0.5) is 0 Å². The first-order valence-corrected chi connectivity index (χ1v) is 7.87. The SMILES string of the molecule is N#Cc1c[nH]c(C(=O)NC[C@H](c2ccccn2)N2CCOCC2)c1. The molecule has 3 heterocycles. The zero-order chi connectivity index (χ0) is 16.8. The van der Waals surface area contributed by atoms with Gasteiger partial charge in [-0.05, 0) is 18.2 Å². The van der Waals surface area contributed by atoms with Crippen LogP contribution in [0.3, 0.4) is 0 Å². The number of hydrogen-bond acceptors (Lipinski definition) is 5. The first-order valence-electron chi connectivity index (χ1n) is 7.87. The number of ether oxygens (including phenoxy) is 1. The van der Waals surface area contributed by atoms with Crippen molar-refractivity contribution in [3.8, 4) is 6.07 Å². The summed E-state index contributed by atoms with van der Waals surface area (Å²) in [5, 5.41) is 11.8. The number of nitrogens with zero attached hydrogens (tertiary/aromatic N) is 3. The Morgan fingerprint density at radius 2 is 2.29 bits per heavy atom. The van der Waals surface area contributed by atoms with E-state index < -0.39 is 0 Å². The highest BCUT2D eigenvalue weighted by molar-refractivity contribution is 5.92. The maximum atomic E-state index is 12.3. The number of rotatable bonds is 5. The molecule has 2 aromatic heterocycles. The number of carbonyl (C=O) groups is 1. The van der Waals surface area contributed by atoms with Crippen molar-refractivity contribution in [3.63, 3.8) is 0 Å². The molecular formula is C17H19N5O2. The number of nitrogens with one attached hydrogen (secondary N) is 2. The van der Waals surface area contributed by atoms with E-state index in [1.165, 1.54) is 6.20 Å². The molecule has 1 aliphatic heterocycles. The first kappa shape index (κ1) is 16.2. The number of hydrogen-bond donors (Lipinski definition) is 2. The van der Waals surface area contributed by atoms with Crippen molar-refractivity contribution in [2.45, 2.75) is 6.04 Å². The number of morpholine rings is 1. The maximum Gasteiger partial charge on any atom is 0.267 e. The second kappa shape index (κ2) is 7.73. The van der Waals surface area contributed by atoms with Gasteiger partial charge in [-0.2, -0.15) is 5.26 Å². The molecule has 2 aromatic rings. The lowest BCUT2D eigenvalue weighted by Crippen LogP contribution is -2.44. The van der Waals surface area contributed by atoms with Crippen LogP contribution < -0.4 is 5.32 Å². The van der Waals surface area contributed by atoms with Gasteiger partial charge in [-0.15, -0.1) is 0 Å². The maximum absolute atomic E-state index is 12.3. The molecule has 3 rings (SSSR count). The van der Waals surface area contributed by atoms with Crippen LogP contribution in [-0.4, -0.2) is 53.6 Å². The van der Waals surface area contributed by atoms with Crippen LogP contribution >= 0.6 is 0 Å². The molecule has 1 saturated heterocycles. The van der Waals surface area contributed by atoms with Crippen molar-refractivity contribution in [3.05, 3.63) is 53.6 Å². The lowest BCUT2D eigenvalue weighted by atomic mass is 10.1. The van der Waals surface area contributed by atoms with Gasteiger partial charge in [0.25, 0.3) is 5.91 Å². The predicted molar refractivity (Wildman–Crippen MR) is 87.2 cm³/mol. The molecule has 0 bridgehead atoms. The number of carbonyl (C=O) groups excluding carboxylic acids is 1. The van der Waals surface area contributed by atoms with Crippen LogP contribution in [0.5, 0.6) is 0 Å². The number of aromatic nitrogens is 2. The van der Waals surface area contributed by atoms with Gasteiger partial charge in [0.2, 0.25) is 0 Å². The largest absolute Gasteiger partial charge is 0.379 e. The summed E-state index contributed by atoms with van der Waals surface area (Å²) in [6.07, 6.45) is 3.28. The van der Waals surface area contributed by atoms with E-state index in [0.29, 0.717) is 31.0 Å². The smallest absolute Gasteiger partial charge is 0.267 e. The molecule has 1 fully saturated rings. The molecule has 7 heteroatoms. The lowest BCUT2D eigenvalue weighted by Gasteiger charge is -2.34. The first-order chi connectivity index (χ1) is 11.8. The molecule has 0 saturated carbocycles. The Balaban J connectivity index is 1.69. The van der Waals surface area contributed by atoms with Gasteiger partial charge in [-0.25, -0.2) is 0 Å². The van der Waals surface area contributed by atoms with Gasteiger partial charge in [0.05, 0.1) is 30.5 Å². The summed E-state index contributed by atoms with van der Waals surface area (Å²) in [5.74, 6) is -0.231. The fourth-order valence-electron chi connectivity index (χ4n) is 2.76. The Hall–Kier alpha value is -2.69. The minimum Gasteiger partial charge on any atom is -0.379 e. The molecule has 0 aromatic carbocycles. The molecule has 1 aliphatic rings. The molecule has 24 heavy (non-hydrogen) atoms. The lowest BCUT2D eigenvalue weighted by molar-refractivity contribution is 0.0153. The molecule has 7 nitrogen and oxygen atoms in total. The topological polar surface area (TPSA) is 94.0 Å². The molecule has 1 atom stereocenters. The van der Waals surface area contributed by atoms with E-state index >= 15 is 0 Å².